The monoisotopic (exact) mass is 382 g/mol. The zero-order valence-electron chi connectivity index (χ0n) is 15.0. The number of fused-ring (bicyclic) bond motifs is 1. The van der Waals surface area contributed by atoms with E-state index in [1.165, 1.54) is 11.8 Å². The van der Waals surface area contributed by atoms with Gasteiger partial charge in [0.25, 0.3) is 11.1 Å². The molecule has 0 bridgehead atoms. The number of ether oxygens (including phenoxy) is 1. The largest absolute Gasteiger partial charge is 0.431 e. The summed E-state index contributed by atoms with van der Waals surface area (Å²) in [6, 6.07) is 15.4. The van der Waals surface area contributed by atoms with E-state index in [0.29, 0.717) is 23.1 Å². The van der Waals surface area contributed by atoms with Crippen molar-refractivity contribution in [1.29, 1.82) is 0 Å². The van der Waals surface area contributed by atoms with Crippen LogP contribution in [0.5, 0.6) is 0 Å². The van der Waals surface area contributed by atoms with Gasteiger partial charge in [-0.2, -0.15) is 0 Å². The van der Waals surface area contributed by atoms with Crippen LogP contribution in [-0.4, -0.2) is 30.1 Å². The second-order valence-corrected chi connectivity index (χ2v) is 7.50. The Kier molecular flexibility index (Phi) is 5.75. The number of oxazole rings is 1. The number of rotatable bonds is 7. The molecule has 5 nitrogen and oxygen atoms in total. The molecule has 27 heavy (non-hydrogen) atoms. The maximum Gasteiger partial charge on any atom is 0.257 e. The lowest BCUT2D eigenvalue weighted by Crippen LogP contribution is -2.27. The van der Waals surface area contributed by atoms with Crippen molar-refractivity contribution in [3.63, 3.8) is 0 Å². The lowest BCUT2D eigenvalue weighted by atomic mass is 10.1. The predicted molar refractivity (Wildman–Crippen MR) is 106 cm³/mol. The number of para-hydroxylation sites is 2. The van der Waals surface area contributed by atoms with Crippen LogP contribution in [0, 0.1) is 0 Å². The molecule has 1 fully saturated rings. The Morgan fingerprint density at radius 2 is 2.04 bits per heavy atom. The number of carbonyl (C=O) groups excluding carboxylic acids is 1. The fourth-order valence-electron chi connectivity index (χ4n) is 3.23. The number of amides is 1. The van der Waals surface area contributed by atoms with Crippen LogP contribution < -0.4 is 5.32 Å². The quantitative estimate of drug-likeness (QED) is 0.613. The van der Waals surface area contributed by atoms with E-state index in [1.54, 1.807) is 0 Å². The second-order valence-electron chi connectivity index (χ2n) is 6.57. The number of thioether (sulfide) groups is 1. The van der Waals surface area contributed by atoms with Crippen LogP contribution in [0.2, 0.25) is 0 Å². The number of aromatic nitrogens is 1. The molecule has 1 aliphatic rings. The third-order valence-corrected chi connectivity index (χ3v) is 5.54. The van der Waals surface area contributed by atoms with Gasteiger partial charge in [0.2, 0.25) is 0 Å². The molecule has 6 heteroatoms. The van der Waals surface area contributed by atoms with Crippen molar-refractivity contribution in [3.8, 4) is 0 Å². The summed E-state index contributed by atoms with van der Waals surface area (Å²) in [5.41, 5.74) is 3.30. The van der Waals surface area contributed by atoms with Crippen LogP contribution in [0.4, 0.5) is 0 Å². The Morgan fingerprint density at radius 3 is 2.89 bits per heavy atom. The highest BCUT2D eigenvalue weighted by Gasteiger charge is 2.16. The number of nitrogens with one attached hydrogen (secondary N) is 1. The normalized spacial score (nSPS) is 16.7. The molecule has 3 aromatic rings. The topological polar surface area (TPSA) is 64.4 Å². The highest BCUT2D eigenvalue weighted by molar-refractivity contribution is 7.98. The molecule has 1 aromatic heterocycles. The highest BCUT2D eigenvalue weighted by Crippen LogP contribution is 2.27. The molecule has 0 saturated carbocycles. The molecule has 1 saturated heterocycles. The summed E-state index contributed by atoms with van der Waals surface area (Å²) in [7, 11) is 0. The molecule has 0 spiro atoms. The number of hydrogen-bond acceptors (Lipinski definition) is 5. The van der Waals surface area contributed by atoms with Crippen LogP contribution in [0.3, 0.4) is 0 Å². The summed E-state index contributed by atoms with van der Waals surface area (Å²) in [4.78, 5) is 17.1. The molecule has 1 aliphatic heterocycles. The van der Waals surface area contributed by atoms with Gasteiger partial charge in [0, 0.05) is 24.5 Å². The highest BCUT2D eigenvalue weighted by atomic mass is 32.2. The molecule has 1 amide bonds. The maximum atomic E-state index is 12.6. The smallest absolute Gasteiger partial charge is 0.257 e. The van der Waals surface area contributed by atoms with Crippen molar-refractivity contribution >= 4 is 28.8 Å². The van der Waals surface area contributed by atoms with Crippen molar-refractivity contribution in [2.45, 2.75) is 36.3 Å². The van der Waals surface area contributed by atoms with Crippen molar-refractivity contribution in [1.82, 2.24) is 10.3 Å². The fraction of sp³-hybridized carbons (Fsp3) is 0.333. The summed E-state index contributed by atoms with van der Waals surface area (Å²) in [6.07, 6.45) is 3.36. The lowest BCUT2D eigenvalue weighted by Gasteiger charge is -2.12. The lowest BCUT2D eigenvalue weighted by molar-refractivity contribution is 0.0906. The van der Waals surface area contributed by atoms with E-state index in [0.717, 1.165) is 42.5 Å². The van der Waals surface area contributed by atoms with E-state index in [-0.39, 0.29) is 12.0 Å². The van der Waals surface area contributed by atoms with Gasteiger partial charge in [-0.3, -0.25) is 4.79 Å². The van der Waals surface area contributed by atoms with Gasteiger partial charge in [0.05, 0.1) is 6.10 Å². The zero-order chi connectivity index (χ0) is 18.5. The molecule has 140 valence electrons. The molecular formula is C21H22N2O3S. The first-order valence-electron chi connectivity index (χ1n) is 9.26. The van der Waals surface area contributed by atoms with Gasteiger partial charge in [0.1, 0.15) is 5.52 Å². The summed E-state index contributed by atoms with van der Waals surface area (Å²) < 4.78 is 11.4. The van der Waals surface area contributed by atoms with Gasteiger partial charge in [-0.05, 0) is 43.0 Å². The molecule has 1 unspecified atom stereocenters. The Labute approximate surface area is 162 Å². The Bertz CT molecular complexity index is 885. The summed E-state index contributed by atoms with van der Waals surface area (Å²) in [6.45, 7) is 1.48. The molecule has 0 radical (unpaired) electrons. The Balaban J connectivity index is 1.37. The van der Waals surface area contributed by atoms with Crippen LogP contribution in [0.25, 0.3) is 11.1 Å². The van der Waals surface area contributed by atoms with Crippen LogP contribution in [0.15, 0.2) is 58.2 Å². The molecule has 4 rings (SSSR count). The molecular weight excluding hydrogens is 360 g/mol. The van der Waals surface area contributed by atoms with Crippen molar-refractivity contribution in [2.24, 2.45) is 0 Å². The molecule has 1 N–H and O–H groups in total. The van der Waals surface area contributed by atoms with Gasteiger partial charge < -0.3 is 14.5 Å². The third kappa shape index (κ3) is 4.51. The summed E-state index contributed by atoms with van der Waals surface area (Å²) >= 11 is 1.50. The standard InChI is InChI=1S/C21H22N2O3S/c24-20(22-12-11-16-7-5-13-25-16)17-8-2-1-6-15(17)14-27-21-23-18-9-3-4-10-19(18)26-21/h1-4,6,8-10,16H,5,7,11-14H2,(H,22,24). The van der Waals surface area contributed by atoms with E-state index in [9.17, 15) is 4.79 Å². The fourth-order valence-corrected chi connectivity index (χ4v) is 4.08. The number of benzene rings is 2. The van der Waals surface area contributed by atoms with Crippen LogP contribution >= 0.6 is 11.8 Å². The average Bonchev–Trinajstić information content (AvgIpc) is 3.35. The van der Waals surface area contributed by atoms with Gasteiger partial charge in [-0.25, -0.2) is 4.98 Å². The second kappa shape index (κ2) is 8.59. The maximum absolute atomic E-state index is 12.6. The first-order valence-corrected chi connectivity index (χ1v) is 10.2. The van der Waals surface area contributed by atoms with Crippen molar-refractivity contribution in [2.75, 3.05) is 13.2 Å². The van der Waals surface area contributed by atoms with Crippen molar-refractivity contribution in [3.05, 3.63) is 59.7 Å². The minimum atomic E-state index is -0.0400. The molecule has 2 heterocycles. The van der Waals surface area contributed by atoms with Crippen LogP contribution in [0.1, 0.15) is 35.2 Å². The van der Waals surface area contributed by atoms with E-state index in [2.05, 4.69) is 10.3 Å². The summed E-state index contributed by atoms with van der Waals surface area (Å²) in [5, 5.41) is 3.63. The van der Waals surface area contributed by atoms with E-state index in [1.807, 2.05) is 48.5 Å². The van der Waals surface area contributed by atoms with E-state index >= 15 is 0 Å². The van der Waals surface area contributed by atoms with Gasteiger partial charge in [0.15, 0.2) is 5.58 Å². The van der Waals surface area contributed by atoms with Crippen LogP contribution in [-0.2, 0) is 10.5 Å². The Hall–Kier alpha value is -2.31. The Morgan fingerprint density at radius 1 is 1.19 bits per heavy atom. The van der Waals surface area contributed by atoms with Gasteiger partial charge in [-0.1, -0.05) is 42.1 Å². The van der Waals surface area contributed by atoms with E-state index < -0.39 is 0 Å². The SMILES string of the molecule is O=C(NCCC1CCCO1)c1ccccc1CSc1nc2ccccc2o1. The molecule has 2 aromatic carbocycles. The zero-order valence-corrected chi connectivity index (χ0v) is 15.8. The minimum absolute atomic E-state index is 0.0400. The molecule has 1 atom stereocenters. The average molecular weight is 382 g/mol. The first kappa shape index (κ1) is 18.1. The summed E-state index contributed by atoms with van der Waals surface area (Å²) in [5.74, 6) is 0.587. The number of nitrogens with zero attached hydrogens (tertiary/aromatic N) is 1. The number of carbonyl (C=O) groups is 1. The third-order valence-electron chi connectivity index (χ3n) is 4.66. The minimum Gasteiger partial charge on any atom is -0.431 e. The first-order chi connectivity index (χ1) is 13.3. The molecule has 0 aliphatic carbocycles. The van der Waals surface area contributed by atoms with Gasteiger partial charge >= 0.3 is 0 Å². The van der Waals surface area contributed by atoms with Crippen molar-refractivity contribution < 1.29 is 13.9 Å². The van der Waals surface area contributed by atoms with E-state index in [4.69, 9.17) is 9.15 Å². The number of hydrogen-bond donors (Lipinski definition) is 1. The van der Waals surface area contributed by atoms with Gasteiger partial charge in [-0.15, -0.1) is 0 Å². The predicted octanol–water partition coefficient (Wildman–Crippen LogP) is 4.42.